The van der Waals surface area contributed by atoms with Gasteiger partial charge < -0.3 is 26.0 Å². The maximum Gasteiger partial charge on any atom is 0.328 e. The smallest absolute Gasteiger partial charge is 0.328 e. The number of likely N-dealkylation sites (tertiary alicyclic amines) is 1. The van der Waals surface area contributed by atoms with Crippen molar-refractivity contribution in [3.8, 4) is 0 Å². The maximum atomic E-state index is 12.1. The van der Waals surface area contributed by atoms with Crippen LogP contribution in [0.1, 0.15) is 38.5 Å². The summed E-state index contributed by atoms with van der Waals surface area (Å²) >= 11 is 0. The molecule has 1 amide bonds. The summed E-state index contributed by atoms with van der Waals surface area (Å²) in [4.78, 5) is 33.0. The third-order valence-electron chi connectivity index (χ3n) is 4.31. The standard InChI is InChI=1S/C12H22N2O2.C4H4O4/c13-11(9-5-1-2-6-10(9)15)12(16)14-7-3-4-8-14;5-3(6)1-2-4(7)8/h9-11,15H,1-8,13H2;1-2H,(H,5,6)(H,7,8)/b;2-1+/t9-,10+,11+;/m1./s1. The van der Waals surface area contributed by atoms with Crippen LogP contribution in [0.15, 0.2) is 12.2 Å². The van der Waals surface area contributed by atoms with Crippen molar-refractivity contribution >= 4 is 17.8 Å². The van der Waals surface area contributed by atoms with Gasteiger partial charge in [0.25, 0.3) is 0 Å². The molecule has 5 N–H and O–H groups in total. The van der Waals surface area contributed by atoms with Crippen LogP contribution in [-0.2, 0) is 14.4 Å². The van der Waals surface area contributed by atoms with Gasteiger partial charge in [0.15, 0.2) is 0 Å². The fraction of sp³-hybridized carbons (Fsp3) is 0.688. The minimum absolute atomic E-state index is 0.0261. The first-order valence-corrected chi connectivity index (χ1v) is 8.19. The molecule has 0 bridgehead atoms. The van der Waals surface area contributed by atoms with E-state index in [1.807, 2.05) is 4.90 Å². The van der Waals surface area contributed by atoms with E-state index in [4.69, 9.17) is 15.9 Å². The number of aliphatic hydroxyl groups excluding tert-OH is 1. The zero-order chi connectivity index (χ0) is 18.1. The van der Waals surface area contributed by atoms with Crippen LogP contribution in [0, 0.1) is 5.92 Å². The van der Waals surface area contributed by atoms with Crippen LogP contribution in [0.5, 0.6) is 0 Å². The fourth-order valence-electron chi connectivity index (χ4n) is 3.03. The van der Waals surface area contributed by atoms with Crippen molar-refractivity contribution in [1.29, 1.82) is 0 Å². The van der Waals surface area contributed by atoms with E-state index in [-0.39, 0.29) is 17.9 Å². The summed E-state index contributed by atoms with van der Waals surface area (Å²) in [5.41, 5.74) is 6.01. The van der Waals surface area contributed by atoms with E-state index in [1.165, 1.54) is 0 Å². The van der Waals surface area contributed by atoms with Crippen LogP contribution in [0.25, 0.3) is 0 Å². The van der Waals surface area contributed by atoms with Gasteiger partial charge in [0.2, 0.25) is 5.91 Å². The Hall–Kier alpha value is -1.93. The van der Waals surface area contributed by atoms with Gasteiger partial charge >= 0.3 is 11.9 Å². The third kappa shape index (κ3) is 6.67. The Morgan fingerprint density at radius 3 is 1.92 bits per heavy atom. The number of hydrogen-bond donors (Lipinski definition) is 4. The zero-order valence-corrected chi connectivity index (χ0v) is 13.6. The number of aliphatic hydroxyl groups is 1. The molecule has 0 unspecified atom stereocenters. The summed E-state index contributed by atoms with van der Waals surface area (Å²) in [5.74, 6) is -2.50. The molecule has 1 saturated carbocycles. The van der Waals surface area contributed by atoms with Crippen molar-refractivity contribution in [2.45, 2.75) is 50.7 Å². The number of carbonyl (C=O) groups excluding carboxylic acids is 1. The Bertz CT molecular complexity index is 457. The molecule has 0 spiro atoms. The number of hydrogen-bond acceptors (Lipinski definition) is 5. The highest BCUT2D eigenvalue weighted by atomic mass is 16.4. The molecular weight excluding hydrogens is 316 g/mol. The summed E-state index contributed by atoms with van der Waals surface area (Å²) < 4.78 is 0. The van der Waals surface area contributed by atoms with Gasteiger partial charge in [-0.3, -0.25) is 4.79 Å². The lowest BCUT2D eigenvalue weighted by atomic mass is 9.81. The van der Waals surface area contributed by atoms with Gasteiger partial charge in [-0.1, -0.05) is 12.8 Å². The molecule has 0 aromatic carbocycles. The van der Waals surface area contributed by atoms with Crippen molar-refractivity contribution in [1.82, 2.24) is 4.90 Å². The Balaban J connectivity index is 0.000000307. The molecule has 24 heavy (non-hydrogen) atoms. The Morgan fingerprint density at radius 1 is 0.958 bits per heavy atom. The molecule has 136 valence electrons. The maximum absolute atomic E-state index is 12.1. The number of carboxylic acids is 2. The van der Waals surface area contributed by atoms with Crippen LogP contribution >= 0.6 is 0 Å². The Kier molecular flexibility index (Phi) is 8.42. The van der Waals surface area contributed by atoms with Crippen LogP contribution in [0.2, 0.25) is 0 Å². The summed E-state index contributed by atoms with van der Waals surface area (Å²) in [5, 5.41) is 25.5. The number of nitrogens with zero attached hydrogens (tertiary/aromatic N) is 1. The average molecular weight is 342 g/mol. The van der Waals surface area contributed by atoms with Gasteiger partial charge in [0.1, 0.15) is 0 Å². The molecule has 2 rings (SSSR count). The minimum Gasteiger partial charge on any atom is -0.478 e. The number of rotatable bonds is 4. The molecule has 0 aromatic rings. The van der Waals surface area contributed by atoms with E-state index < -0.39 is 18.0 Å². The van der Waals surface area contributed by atoms with Crippen molar-refractivity contribution in [2.24, 2.45) is 11.7 Å². The number of aliphatic carboxylic acids is 2. The summed E-state index contributed by atoms with van der Waals surface area (Å²) in [7, 11) is 0. The zero-order valence-electron chi connectivity index (χ0n) is 13.6. The minimum atomic E-state index is -1.26. The van der Waals surface area contributed by atoms with Crippen molar-refractivity contribution in [3.05, 3.63) is 12.2 Å². The molecule has 2 aliphatic rings. The summed E-state index contributed by atoms with van der Waals surface area (Å²) in [6.07, 6.45) is 6.75. The number of amides is 1. The van der Waals surface area contributed by atoms with Crippen LogP contribution < -0.4 is 5.73 Å². The normalized spacial score (nSPS) is 25.0. The third-order valence-corrected chi connectivity index (χ3v) is 4.31. The number of carboxylic acid groups (broad SMARTS) is 2. The van der Waals surface area contributed by atoms with Crippen LogP contribution in [0.4, 0.5) is 0 Å². The summed E-state index contributed by atoms with van der Waals surface area (Å²) in [6, 6.07) is -0.492. The SMILES string of the molecule is N[C@H](C(=O)N1CCCC1)[C@@H]1CCCC[C@@H]1O.O=C(O)/C=C/C(=O)O. The van der Waals surface area contributed by atoms with E-state index in [1.54, 1.807) is 0 Å². The topological polar surface area (TPSA) is 141 Å². The van der Waals surface area contributed by atoms with Gasteiger partial charge in [-0.05, 0) is 25.7 Å². The molecule has 8 heteroatoms. The highest BCUT2D eigenvalue weighted by Crippen LogP contribution is 2.27. The highest BCUT2D eigenvalue weighted by Gasteiger charge is 2.35. The Labute approximate surface area is 140 Å². The predicted octanol–water partition coefficient (Wildman–Crippen LogP) is 0.199. The second kappa shape index (κ2) is 10.0. The van der Waals surface area contributed by atoms with E-state index in [0.717, 1.165) is 51.6 Å². The van der Waals surface area contributed by atoms with Crippen molar-refractivity contribution in [2.75, 3.05) is 13.1 Å². The second-order valence-electron chi connectivity index (χ2n) is 6.08. The van der Waals surface area contributed by atoms with Gasteiger partial charge in [0.05, 0.1) is 12.1 Å². The van der Waals surface area contributed by atoms with E-state index in [2.05, 4.69) is 0 Å². The number of nitrogens with two attached hydrogens (primary N) is 1. The molecule has 1 saturated heterocycles. The van der Waals surface area contributed by atoms with Crippen LogP contribution in [-0.4, -0.2) is 63.3 Å². The lowest BCUT2D eigenvalue weighted by Crippen LogP contribution is -2.50. The average Bonchev–Trinajstić information content (AvgIpc) is 3.07. The highest BCUT2D eigenvalue weighted by molar-refractivity contribution is 5.89. The lowest BCUT2D eigenvalue weighted by Gasteiger charge is -2.33. The molecular formula is C16H26N2O6. The summed E-state index contributed by atoms with van der Waals surface area (Å²) in [6.45, 7) is 1.69. The molecule has 1 aliphatic heterocycles. The molecule has 1 aliphatic carbocycles. The first kappa shape index (κ1) is 20.1. The van der Waals surface area contributed by atoms with Crippen molar-refractivity contribution in [3.63, 3.8) is 0 Å². The predicted molar refractivity (Wildman–Crippen MR) is 86.2 cm³/mol. The number of carbonyl (C=O) groups is 3. The first-order valence-electron chi connectivity index (χ1n) is 8.19. The second-order valence-corrected chi connectivity index (χ2v) is 6.08. The quantitative estimate of drug-likeness (QED) is 0.535. The fourth-order valence-corrected chi connectivity index (χ4v) is 3.03. The van der Waals surface area contributed by atoms with E-state index in [0.29, 0.717) is 12.2 Å². The molecule has 0 radical (unpaired) electrons. The van der Waals surface area contributed by atoms with Gasteiger partial charge in [0, 0.05) is 31.2 Å². The van der Waals surface area contributed by atoms with E-state index in [9.17, 15) is 19.5 Å². The Morgan fingerprint density at radius 2 is 1.46 bits per heavy atom. The monoisotopic (exact) mass is 342 g/mol. The molecule has 3 atom stereocenters. The van der Waals surface area contributed by atoms with Crippen LogP contribution in [0.3, 0.4) is 0 Å². The molecule has 8 nitrogen and oxygen atoms in total. The largest absolute Gasteiger partial charge is 0.478 e. The van der Waals surface area contributed by atoms with Gasteiger partial charge in [-0.25, -0.2) is 9.59 Å². The van der Waals surface area contributed by atoms with Gasteiger partial charge in [-0.2, -0.15) is 0 Å². The van der Waals surface area contributed by atoms with E-state index >= 15 is 0 Å². The van der Waals surface area contributed by atoms with Gasteiger partial charge in [-0.15, -0.1) is 0 Å². The van der Waals surface area contributed by atoms with Crippen molar-refractivity contribution < 1.29 is 29.7 Å². The molecule has 2 fully saturated rings. The molecule has 0 aromatic heterocycles. The lowest BCUT2D eigenvalue weighted by molar-refractivity contribution is -0.134. The molecule has 1 heterocycles. The first-order chi connectivity index (χ1) is 11.3.